The highest BCUT2D eigenvalue weighted by Gasteiger charge is 2.41. The highest BCUT2D eigenvalue weighted by Crippen LogP contribution is 2.37. The number of nitrogens with one attached hydrogen (secondary N) is 1. The first-order valence-electron chi connectivity index (χ1n) is 6.91. The molecule has 0 bridgehead atoms. The zero-order chi connectivity index (χ0) is 14.8. The number of rotatable bonds is 3. The second kappa shape index (κ2) is 6.12. The summed E-state index contributed by atoms with van der Waals surface area (Å²) in [5.41, 5.74) is 1.46. The topological polar surface area (TPSA) is 12.0 Å². The molecule has 112 valence electrons. The molecule has 1 aliphatic carbocycles. The van der Waals surface area contributed by atoms with Crippen LogP contribution in [0.25, 0.3) is 0 Å². The van der Waals surface area contributed by atoms with Gasteiger partial charge in [-0.2, -0.15) is 13.2 Å². The van der Waals surface area contributed by atoms with Crippen molar-refractivity contribution in [3.63, 3.8) is 0 Å². The molecule has 1 saturated carbocycles. The Morgan fingerprint density at radius 3 is 2.65 bits per heavy atom. The fourth-order valence-corrected chi connectivity index (χ4v) is 2.75. The maximum Gasteiger partial charge on any atom is 0.391 e. The monoisotopic (exact) mass is 289 g/mol. The van der Waals surface area contributed by atoms with Crippen molar-refractivity contribution < 1.29 is 17.6 Å². The van der Waals surface area contributed by atoms with Crippen LogP contribution < -0.4 is 5.32 Å². The van der Waals surface area contributed by atoms with E-state index in [1.54, 1.807) is 19.1 Å². The quantitative estimate of drug-likeness (QED) is 0.816. The highest BCUT2D eigenvalue weighted by molar-refractivity contribution is 5.23. The van der Waals surface area contributed by atoms with Gasteiger partial charge in [-0.25, -0.2) is 4.39 Å². The van der Waals surface area contributed by atoms with Gasteiger partial charge in [0.2, 0.25) is 0 Å². The van der Waals surface area contributed by atoms with Crippen molar-refractivity contribution in [3.05, 3.63) is 35.1 Å². The molecule has 2 unspecified atom stereocenters. The van der Waals surface area contributed by atoms with E-state index in [-0.39, 0.29) is 24.7 Å². The van der Waals surface area contributed by atoms with E-state index < -0.39 is 12.1 Å². The van der Waals surface area contributed by atoms with E-state index in [9.17, 15) is 17.6 Å². The summed E-state index contributed by atoms with van der Waals surface area (Å²) in [6, 6.07) is 4.68. The summed E-state index contributed by atoms with van der Waals surface area (Å²) in [4.78, 5) is 0. The van der Waals surface area contributed by atoms with E-state index in [4.69, 9.17) is 0 Å². The number of alkyl halides is 3. The predicted octanol–water partition coefficient (Wildman–Crippen LogP) is 4.34. The van der Waals surface area contributed by atoms with Crippen LogP contribution in [0.5, 0.6) is 0 Å². The minimum Gasteiger partial charge on any atom is -0.310 e. The molecule has 1 N–H and O–H groups in total. The van der Waals surface area contributed by atoms with Gasteiger partial charge < -0.3 is 5.32 Å². The van der Waals surface area contributed by atoms with Crippen LogP contribution in [0.4, 0.5) is 17.6 Å². The number of halogens is 4. The van der Waals surface area contributed by atoms with Gasteiger partial charge in [0.1, 0.15) is 5.82 Å². The van der Waals surface area contributed by atoms with Gasteiger partial charge in [0.15, 0.2) is 0 Å². The first kappa shape index (κ1) is 15.3. The summed E-state index contributed by atoms with van der Waals surface area (Å²) in [5.74, 6) is -1.45. The lowest BCUT2D eigenvalue weighted by Gasteiger charge is -2.31. The molecule has 0 heterocycles. The third-order valence-corrected chi connectivity index (χ3v) is 3.95. The average Bonchev–Trinajstić information content (AvgIpc) is 2.39. The van der Waals surface area contributed by atoms with E-state index >= 15 is 0 Å². The normalized spacial score (nSPS) is 23.9. The zero-order valence-electron chi connectivity index (χ0n) is 11.4. The third-order valence-electron chi connectivity index (χ3n) is 3.95. The lowest BCUT2D eigenvalue weighted by atomic mass is 9.85. The van der Waals surface area contributed by atoms with Crippen LogP contribution in [0.3, 0.4) is 0 Å². The van der Waals surface area contributed by atoms with Crippen LogP contribution in [0.2, 0.25) is 0 Å². The highest BCUT2D eigenvalue weighted by atomic mass is 19.4. The Kier molecular flexibility index (Phi) is 4.68. The fourth-order valence-electron chi connectivity index (χ4n) is 2.75. The Labute approximate surface area is 116 Å². The molecular weight excluding hydrogens is 270 g/mol. The van der Waals surface area contributed by atoms with Crippen molar-refractivity contribution in [2.45, 2.75) is 51.4 Å². The molecule has 5 heteroatoms. The first-order chi connectivity index (χ1) is 9.36. The summed E-state index contributed by atoms with van der Waals surface area (Å²) in [7, 11) is 0. The van der Waals surface area contributed by atoms with Crippen molar-refractivity contribution in [3.8, 4) is 0 Å². The second-order valence-electron chi connectivity index (χ2n) is 5.57. The summed E-state index contributed by atoms with van der Waals surface area (Å²) >= 11 is 0. The Morgan fingerprint density at radius 1 is 1.25 bits per heavy atom. The summed E-state index contributed by atoms with van der Waals surface area (Å²) in [6.45, 7) is 2.16. The number of aryl methyl sites for hydroxylation is 1. The average molecular weight is 289 g/mol. The Hall–Kier alpha value is -1.10. The molecule has 2 atom stereocenters. The van der Waals surface area contributed by atoms with Gasteiger partial charge in [0.25, 0.3) is 0 Å². The van der Waals surface area contributed by atoms with Gasteiger partial charge >= 0.3 is 6.18 Å². The van der Waals surface area contributed by atoms with Crippen molar-refractivity contribution >= 4 is 0 Å². The predicted molar refractivity (Wildman–Crippen MR) is 69.8 cm³/mol. The van der Waals surface area contributed by atoms with E-state index in [1.807, 2.05) is 0 Å². The first-order valence-corrected chi connectivity index (χ1v) is 6.91. The molecule has 1 fully saturated rings. The molecular formula is C15H19F4N. The van der Waals surface area contributed by atoms with Crippen LogP contribution in [0.15, 0.2) is 18.2 Å². The van der Waals surface area contributed by atoms with Crippen molar-refractivity contribution in [1.29, 1.82) is 0 Å². The van der Waals surface area contributed by atoms with Gasteiger partial charge in [-0.05, 0) is 43.4 Å². The van der Waals surface area contributed by atoms with Gasteiger partial charge in [-0.3, -0.25) is 0 Å². The molecule has 0 radical (unpaired) electrons. The van der Waals surface area contributed by atoms with Crippen molar-refractivity contribution in [1.82, 2.24) is 5.32 Å². The summed E-state index contributed by atoms with van der Waals surface area (Å²) in [5, 5.41) is 3.16. The number of hydrogen-bond acceptors (Lipinski definition) is 1. The number of benzene rings is 1. The fraction of sp³-hybridized carbons (Fsp3) is 0.600. The molecule has 0 saturated heterocycles. The van der Waals surface area contributed by atoms with Gasteiger partial charge in [0, 0.05) is 12.6 Å². The Morgan fingerprint density at radius 2 is 2.00 bits per heavy atom. The maximum absolute atomic E-state index is 13.1. The largest absolute Gasteiger partial charge is 0.391 e. The van der Waals surface area contributed by atoms with E-state index in [0.29, 0.717) is 18.5 Å². The summed E-state index contributed by atoms with van der Waals surface area (Å²) in [6.07, 6.45) is -2.34. The molecule has 0 aromatic heterocycles. The van der Waals surface area contributed by atoms with Crippen LogP contribution in [-0.4, -0.2) is 12.2 Å². The van der Waals surface area contributed by atoms with Gasteiger partial charge in [0.05, 0.1) is 5.92 Å². The SMILES string of the molecule is Cc1cc(CNC2CCCC(C(F)(F)F)C2)ccc1F. The minimum absolute atomic E-state index is 0.110. The molecule has 20 heavy (non-hydrogen) atoms. The molecule has 0 spiro atoms. The molecule has 1 aromatic rings. The number of hydrogen-bond donors (Lipinski definition) is 1. The van der Waals surface area contributed by atoms with Crippen LogP contribution in [0, 0.1) is 18.7 Å². The molecule has 2 rings (SSSR count). The minimum atomic E-state index is -4.09. The van der Waals surface area contributed by atoms with Gasteiger partial charge in [-0.15, -0.1) is 0 Å². The lowest BCUT2D eigenvalue weighted by molar-refractivity contribution is -0.183. The zero-order valence-corrected chi connectivity index (χ0v) is 11.4. The Balaban J connectivity index is 1.88. The maximum atomic E-state index is 13.1. The summed E-state index contributed by atoms with van der Waals surface area (Å²) < 4.78 is 51.2. The standard InChI is InChI=1S/C15H19F4N/c1-10-7-11(5-6-14(10)16)9-20-13-4-2-3-12(8-13)15(17,18)19/h5-7,12-13,20H,2-4,8-9H2,1H3. The van der Waals surface area contributed by atoms with E-state index in [1.165, 1.54) is 6.07 Å². The Bertz CT molecular complexity index is 456. The molecule has 0 aliphatic heterocycles. The smallest absolute Gasteiger partial charge is 0.310 e. The van der Waals surface area contributed by atoms with E-state index in [0.717, 1.165) is 12.0 Å². The second-order valence-corrected chi connectivity index (χ2v) is 5.57. The van der Waals surface area contributed by atoms with Crippen molar-refractivity contribution in [2.75, 3.05) is 0 Å². The van der Waals surface area contributed by atoms with Crippen LogP contribution in [0.1, 0.15) is 36.8 Å². The molecule has 1 aromatic carbocycles. The van der Waals surface area contributed by atoms with Crippen LogP contribution in [-0.2, 0) is 6.54 Å². The van der Waals surface area contributed by atoms with Crippen molar-refractivity contribution in [2.24, 2.45) is 5.92 Å². The van der Waals surface area contributed by atoms with E-state index in [2.05, 4.69) is 5.32 Å². The van der Waals surface area contributed by atoms with Gasteiger partial charge in [-0.1, -0.05) is 18.6 Å². The molecule has 0 amide bonds. The molecule has 1 nitrogen and oxygen atoms in total. The third kappa shape index (κ3) is 3.95. The molecule has 1 aliphatic rings. The lowest BCUT2D eigenvalue weighted by Crippen LogP contribution is -2.38. The van der Waals surface area contributed by atoms with Crippen LogP contribution >= 0.6 is 0 Å².